The third-order valence-electron chi connectivity index (χ3n) is 3.77. The van der Waals surface area contributed by atoms with E-state index in [2.05, 4.69) is 20.6 Å². The van der Waals surface area contributed by atoms with Crippen LogP contribution in [0.2, 0.25) is 5.02 Å². The molecule has 0 aliphatic rings. The number of nitrogens with zero attached hydrogens (tertiary/aromatic N) is 3. The Labute approximate surface area is 167 Å². The first-order chi connectivity index (χ1) is 13.5. The van der Waals surface area contributed by atoms with E-state index in [4.69, 9.17) is 21.6 Å². The number of aryl methyl sites for hydroxylation is 1. The van der Waals surface area contributed by atoms with Gasteiger partial charge in [0.2, 0.25) is 5.95 Å². The van der Waals surface area contributed by atoms with Crippen molar-refractivity contribution >= 4 is 34.8 Å². The molecule has 1 heterocycles. The fourth-order valence-corrected chi connectivity index (χ4v) is 2.69. The molecule has 28 heavy (non-hydrogen) atoms. The van der Waals surface area contributed by atoms with Gasteiger partial charge in [0.25, 0.3) is 5.91 Å². The van der Waals surface area contributed by atoms with Crippen LogP contribution in [-0.2, 0) is 0 Å². The maximum atomic E-state index is 12.5. The normalized spacial score (nSPS) is 10.1. The average molecular weight is 394 g/mol. The summed E-state index contributed by atoms with van der Waals surface area (Å²) in [5, 5.41) is 15.1. The van der Waals surface area contributed by atoms with Crippen LogP contribution in [0.4, 0.5) is 17.3 Å². The summed E-state index contributed by atoms with van der Waals surface area (Å²) in [4.78, 5) is 21.1. The first-order valence-corrected chi connectivity index (χ1v) is 8.64. The third kappa shape index (κ3) is 4.55. The van der Waals surface area contributed by atoms with E-state index in [1.54, 1.807) is 55.5 Å². The van der Waals surface area contributed by atoms with E-state index in [0.717, 1.165) is 0 Å². The molecule has 3 aromatic rings. The van der Waals surface area contributed by atoms with Crippen LogP contribution in [0.1, 0.15) is 21.7 Å². The van der Waals surface area contributed by atoms with Crippen LogP contribution in [0, 0.1) is 18.3 Å². The summed E-state index contributed by atoms with van der Waals surface area (Å²) in [7, 11) is 1.54. The summed E-state index contributed by atoms with van der Waals surface area (Å²) >= 11 is 6.13. The lowest BCUT2D eigenvalue weighted by atomic mass is 10.2. The second-order valence-corrected chi connectivity index (χ2v) is 6.24. The molecule has 2 aromatic carbocycles. The predicted molar refractivity (Wildman–Crippen MR) is 107 cm³/mol. The highest BCUT2D eigenvalue weighted by molar-refractivity contribution is 6.32. The molecule has 0 unspecified atom stereocenters. The molecule has 8 heteroatoms. The number of aromatic nitrogens is 2. The molecule has 3 rings (SSSR count). The van der Waals surface area contributed by atoms with Crippen molar-refractivity contribution in [1.82, 2.24) is 9.97 Å². The molecule has 140 valence electrons. The number of nitriles is 1. The van der Waals surface area contributed by atoms with Crippen molar-refractivity contribution in [3.05, 3.63) is 70.5 Å². The third-order valence-corrected chi connectivity index (χ3v) is 4.06. The number of benzene rings is 2. The van der Waals surface area contributed by atoms with Gasteiger partial charge >= 0.3 is 0 Å². The maximum Gasteiger partial charge on any atom is 0.274 e. The monoisotopic (exact) mass is 393 g/mol. The highest BCUT2D eigenvalue weighted by atomic mass is 35.5. The number of methoxy groups -OCH3 is 1. The lowest BCUT2D eigenvalue weighted by Crippen LogP contribution is -2.15. The zero-order chi connectivity index (χ0) is 20.1. The summed E-state index contributed by atoms with van der Waals surface area (Å²) in [5.41, 5.74) is 2.58. The van der Waals surface area contributed by atoms with Crippen LogP contribution < -0.4 is 15.4 Å². The second-order valence-electron chi connectivity index (χ2n) is 5.84. The average Bonchev–Trinajstić information content (AvgIpc) is 2.68. The minimum Gasteiger partial charge on any atom is -0.495 e. The van der Waals surface area contributed by atoms with Crippen molar-refractivity contribution in [2.45, 2.75) is 6.92 Å². The number of halogens is 1. The van der Waals surface area contributed by atoms with Gasteiger partial charge in [-0.1, -0.05) is 11.6 Å². The van der Waals surface area contributed by atoms with E-state index < -0.39 is 0 Å². The molecule has 1 aromatic heterocycles. The molecule has 7 nitrogen and oxygen atoms in total. The van der Waals surface area contributed by atoms with Gasteiger partial charge in [-0.3, -0.25) is 4.79 Å². The fourth-order valence-electron chi connectivity index (χ4n) is 2.44. The zero-order valence-electron chi connectivity index (χ0n) is 15.2. The van der Waals surface area contributed by atoms with Crippen LogP contribution >= 0.6 is 11.6 Å². The van der Waals surface area contributed by atoms with E-state index in [9.17, 15) is 4.79 Å². The van der Waals surface area contributed by atoms with Gasteiger partial charge in [0.15, 0.2) is 0 Å². The Morgan fingerprint density at radius 3 is 2.46 bits per heavy atom. The first-order valence-electron chi connectivity index (χ1n) is 8.26. The summed E-state index contributed by atoms with van der Waals surface area (Å²) in [6.07, 6.45) is 0. The molecule has 2 N–H and O–H groups in total. The van der Waals surface area contributed by atoms with Crippen molar-refractivity contribution in [3.63, 3.8) is 0 Å². The molecular formula is C20H16ClN5O2. The number of nitrogens with one attached hydrogen (secondary N) is 2. The van der Waals surface area contributed by atoms with E-state index in [-0.39, 0.29) is 17.5 Å². The van der Waals surface area contributed by atoms with E-state index in [0.29, 0.717) is 33.4 Å². The molecular weight excluding hydrogens is 378 g/mol. The fraction of sp³-hybridized carbons (Fsp3) is 0.100. The highest BCUT2D eigenvalue weighted by Gasteiger charge is 2.12. The Hall–Kier alpha value is -3.63. The molecule has 0 aliphatic carbocycles. The molecule has 0 bridgehead atoms. The summed E-state index contributed by atoms with van der Waals surface area (Å²) in [5.74, 6) is 0.442. The summed E-state index contributed by atoms with van der Waals surface area (Å²) in [6, 6.07) is 15.4. The maximum absolute atomic E-state index is 12.5. The van der Waals surface area contributed by atoms with E-state index >= 15 is 0 Å². The topological polar surface area (TPSA) is 99.9 Å². The molecule has 0 spiro atoms. The number of carbonyl (C=O) groups is 1. The van der Waals surface area contributed by atoms with Crippen molar-refractivity contribution in [1.29, 1.82) is 5.26 Å². The Balaban J connectivity index is 1.79. The molecule has 0 radical (unpaired) electrons. The van der Waals surface area contributed by atoms with Crippen molar-refractivity contribution in [2.75, 3.05) is 17.7 Å². The Morgan fingerprint density at radius 2 is 1.82 bits per heavy atom. The zero-order valence-corrected chi connectivity index (χ0v) is 15.9. The van der Waals surface area contributed by atoms with Crippen LogP contribution in [0.15, 0.2) is 48.5 Å². The van der Waals surface area contributed by atoms with Gasteiger partial charge in [-0.2, -0.15) is 5.26 Å². The number of anilines is 3. The highest BCUT2D eigenvalue weighted by Crippen LogP contribution is 2.28. The molecule has 0 aliphatic heterocycles. The van der Waals surface area contributed by atoms with Gasteiger partial charge in [-0.05, 0) is 55.5 Å². The summed E-state index contributed by atoms with van der Waals surface area (Å²) in [6.45, 7) is 1.77. The van der Waals surface area contributed by atoms with Gasteiger partial charge in [0.05, 0.1) is 23.8 Å². The standard InChI is InChI=1S/C20H16ClN5O2/c1-12-9-17(19(27)24-14-5-3-13(11-22)4-6-14)26-20(23-12)25-15-7-8-18(28-2)16(21)10-15/h3-10H,1-2H3,(H,24,27)(H,23,25,26). The Bertz CT molecular complexity index is 1060. The van der Waals surface area contributed by atoms with E-state index in [1.807, 2.05) is 6.07 Å². The minimum absolute atomic E-state index is 0.207. The lowest BCUT2D eigenvalue weighted by molar-refractivity contribution is 0.102. The number of amides is 1. The number of ether oxygens (including phenoxy) is 1. The molecule has 0 atom stereocenters. The Morgan fingerprint density at radius 1 is 1.11 bits per heavy atom. The van der Waals surface area contributed by atoms with Crippen LogP contribution in [0.3, 0.4) is 0 Å². The smallest absolute Gasteiger partial charge is 0.274 e. The lowest BCUT2D eigenvalue weighted by Gasteiger charge is -2.10. The summed E-state index contributed by atoms with van der Waals surface area (Å²) < 4.78 is 5.13. The van der Waals surface area contributed by atoms with E-state index in [1.165, 1.54) is 7.11 Å². The quantitative estimate of drug-likeness (QED) is 0.669. The largest absolute Gasteiger partial charge is 0.495 e. The minimum atomic E-state index is -0.383. The predicted octanol–water partition coefficient (Wildman–Crippen LogP) is 4.31. The number of hydrogen-bond donors (Lipinski definition) is 2. The number of hydrogen-bond acceptors (Lipinski definition) is 6. The van der Waals surface area contributed by atoms with Gasteiger partial charge in [0, 0.05) is 17.1 Å². The van der Waals surface area contributed by atoms with Crippen molar-refractivity contribution < 1.29 is 9.53 Å². The van der Waals surface area contributed by atoms with Crippen LogP contribution in [0.5, 0.6) is 5.75 Å². The Kier molecular flexibility index (Phi) is 5.72. The van der Waals surface area contributed by atoms with Crippen LogP contribution in [0.25, 0.3) is 0 Å². The molecule has 0 saturated heterocycles. The van der Waals surface area contributed by atoms with Gasteiger partial charge < -0.3 is 15.4 Å². The van der Waals surface area contributed by atoms with Gasteiger partial charge in [-0.25, -0.2) is 9.97 Å². The van der Waals surface area contributed by atoms with Crippen LogP contribution in [-0.4, -0.2) is 23.0 Å². The SMILES string of the molecule is COc1ccc(Nc2nc(C)cc(C(=O)Nc3ccc(C#N)cc3)n2)cc1Cl. The van der Waals surface area contributed by atoms with Gasteiger partial charge in [0.1, 0.15) is 11.4 Å². The van der Waals surface area contributed by atoms with Gasteiger partial charge in [-0.15, -0.1) is 0 Å². The number of rotatable bonds is 5. The number of carbonyl (C=O) groups excluding carboxylic acids is 1. The second kappa shape index (κ2) is 8.37. The van der Waals surface area contributed by atoms with Crippen molar-refractivity contribution in [3.8, 4) is 11.8 Å². The first kappa shape index (κ1) is 19.1. The van der Waals surface area contributed by atoms with Crippen molar-refractivity contribution in [2.24, 2.45) is 0 Å². The molecule has 0 fully saturated rings. The molecule has 1 amide bonds. The molecule has 0 saturated carbocycles.